The van der Waals surface area contributed by atoms with Gasteiger partial charge in [0.1, 0.15) is 11.9 Å². The molecule has 3 rings (SSSR count). The van der Waals surface area contributed by atoms with E-state index in [0.717, 1.165) is 38.4 Å². The summed E-state index contributed by atoms with van der Waals surface area (Å²) < 4.78 is 14.9. The second-order valence-electron chi connectivity index (χ2n) is 6.40. The quantitative estimate of drug-likeness (QED) is 0.873. The molecule has 2 aromatic rings. The van der Waals surface area contributed by atoms with Gasteiger partial charge in [-0.3, -0.25) is 9.69 Å². The van der Waals surface area contributed by atoms with Crippen molar-refractivity contribution >= 4 is 11.6 Å². The molecule has 1 amide bonds. The minimum Gasteiger partial charge on any atom is -0.369 e. The van der Waals surface area contributed by atoms with E-state index in [-0.39, 0.29) is 17.8 Å². The fourth-order valence-corrected chi connectivity index (χ4v) is 3.11. The number of benzene rings is 1. The summed E-state index contributed by atoms with van der Waals surface area (Å²) >= 11 is 0. The summed E-state index contributed by atoms with van der Waals surface area (Å²) in [6.07, 6.45) is 3.80. The van der Waals surface area contributed by atoms with Crippen LogP contribution in [0.2, 0.25) is 0 Å². The van der Waals surface area contributed by atoms with Crippen molar-refractivity contribution in [3.05, 3.63) is 54.6 Å². The number of carbonyl (C=O) groups is 1. The Morgan fingerprint density at radius 1 is 1.12 bits per heavy atom. The zero-order chi connectivity index (χ0) is 17.6. The maximum atomic E-state index is 13.0. The number of aromatic nitrogens is 1. The smallest absolute Gasteiger partial charge is 0.242 e. The highest BCUT2D eigenvalue weighted by Gasteiger charge is 2.18. The van der Waals surface area contributed by atoms with E-state index < -0.39 is 0 Å². The van der Waals surface area contributed by atoms with E-state index in [1.165, 1.54) is 12.1 Å². The van der Waals surface area contributed by atoms with E-state index in [1.54, 1.807) is 0 Å². The van der Waals surface area contributed by atoms with E-state index in [9.17, 15) is 9.18 Å². The van der Waals surface area contributed by atoms with Crippen molar-refractivity contribution in [2.75, 3.05) is 44.2 Å². The second kappa shape index (κ2) is 8.16. The fraction of sp³-hybridized carbons (Fsp3) is 0.421. The lowest BCUT2D eigenvalue weighted by atomic mass is 10.2. The summed E-state index contributed by atoms with van der Waals surface area (Å²) in [5.74, 6) is -0.159. The lowest BCUT2D eigenvalue weighted by molar-refractivity contribution is -0.123. The Morgan fingerprint density at radius 3 is 2.40 bits per heavy atom. The first-order chi connectivity index (χ1) is 12.1. The van der Waals surface area contributed by atoms with Crippen molar-refractivity contribution in [2.45, 2.75) is 13.0 Å². The standard InChI is InChI=1S/C19H25FN4O/c1-16(23-9-2-3-10-23)19(25)21-8-11-22-12-14-24(15-13-22)18-6-4-17(20)5-7-18/h2-7,9-10,16H,8,11-15H2,1H3,(H,21,25). The molecule has 1 aromatic carbocycles. The average molecular weight is 344 g/mol. The summed E-state index contributed by atoms with van der Waals surface area (Å²) in [6, 6.07) is 10.3. The molecule has 1 fully saturated rings. The van der Waals surface area contributed by atoms with E-state index in [0.29, 0.717) is 6.54 Å². The third-order valence-electron chi connectivity index (χ3n) is 4.75. The Balaban J connectivity index is 1.38. The van der Waals surface area contributed by atoms with Gasteiger partial charge in [-0.15, -0.1) is 0 Å². The van der Waals surface area contributed by atoms with Gasteiger partial charge in [0.25, 0.3) is 0 Å². The SMILES string of the molecule is CC(C(=O)NCCN1CCN(c2ccc(F)cc2)CC1)n1cccc1. The molecule has 0 bridgehead atoms. The Bertz CT molecular complexity index is 663. The summed E-state index contributed by atoms with van der Waals surface area (Å²) in [5, 5.41) is 3.01. The average Bonchev–Trinajstić information content (AvgIpc) is 3.17. The van der Waals surface area contributed by atoms with Crippen LogP contribution in [0.25, 0.3) is 0 Å². The number of hydrogen-bond donors (Lipinski definition) is 1. The summed E-state index contributed by atoms with van der Waals surface area (Å²) in [7, 11) is 0. The molecular formula is C19H25FN4O. The minimum atomic E-state index is -0.202. The van der Waals surface area contributed by atoms with Gasteiger partial charge in [0.2, 0.25) is 5.91 Å². The van der Waals surface area contributed by atoms with E-state index in [1.807, 2.05) is 48.1 Å². The third kappa shape index (κ3) is 4.60. The van der Waals surface area contributed by atoms with Crippen LogP contribution in [0.1, 0.15) is 13.0 Å². The molecule has 6 heteroatoms. The van der Waals surface area contributed by atoms with Gasteiger partial charge in [0, 0.05) is 57.3 Å². The number of amides is 1. The zero-order valence-corrected chi connectivity index (χ0v) is 14.6. The lowest BCUT2D eigenvalue weighted by Gasteiger charge is -2.36. The van der Waals surface area contributed by atoms with Gasteiger partial charge in [-0.1, -0.05) is 0 Å². The van der Waals surface area contributed by atoms with Crippen molar-refractivity contribution in [2.24, 2.45) is 0 Å². The normalized spacial score (nSPS) is 16.6. The van der Waals surface area contributed by atoms with Crippen LogP contribution < -0.4 is 10.2 Å². The van der Waals surface area contributed by atoms with Gasteiger partial charge in [0.05, 0.1) is 0 Å². The Labute approximate surface area is 148 Å². The minimum absolute atomic E-state index is 0.0427. The maximum Gasteiger partial charge on any atom is 0.242 e. The number of rotatable bonds is 6. The molecule has 0 radical (unpaired) electrons. The van der Waals surface area contributed by atoms with Crippen molar-refractivity contribution in [3.63, 3.8) is 0 Å². The molecule has 134 valence electrons. The highest BCUT2D eigenvalue weighted by Crippen LogP contribution is 2.16. The lowest BCUT2D eigenvalue weighted by Crippen LogP contribution is -2.48. The van der Waals surface area contributed by atoms with Crippen molar-refractivity contribution in [3.8, 4) is 0 Å². The maximum absolute atomic E-state index is 13.0. The first-order valence-corrected chi connectivity index (χ1v) is 8.76. The molecule has 1 atom stereocenters. The molecule has 0 spiro atoms. The van der Waals surface area contributed by atoms with Crippen molar-refractivity contribution in [1.82, 2.24) is 14.8 Å². The molecule has 0 aliphatic carbocycles. The first-order valence-electron chi connectivity index (χ1n) is 8.76. The number of piperazine rings is 1. The van der Waals surface area contributed by atoms with Crippen molar-refractivity contribution in [1.29, 1.82) is 0 Å². The monoisotopic (exact) mass is 344 g/mol. The van der Waals surface area contributed by atoms with Crippen LogP contribution in [-0.4, -0.2) is 54.6 Å². The molecule has 1 aliphatic rings. The number of anilines is 1. The van der Waals surface area contributed by atoms with Crippen LogP contribution in [0, 0.1) is 5.82 Å². The van der Waals surface area contributed by atoms with Crippen LogP contribution in [-0.2, 0) is 4.79 Å². The predicted octanol–water partition coefficient (Wildman–Crippen LogP) is 2.13. The highest BCUT2D eigenvalue weighted by molar-refractivity contribution is 5.79. The zero-order valence-electron chi connectivity index (χ0n) is 14.6. The number of nitrogens with zero attached hydrogens (tertiary/aromatic N) is 3. The Hall–Kier alpha value is -2.34. The highest BCUT2D eigenvalue weighted by atomic mass is 19.1. The molecule has 0 saturated carbocycles. The summed E-state index contributed by atoms with van der Waals surface area (Å²) in [6.45, 7) is 7.12. The molecule has 25 heavy (non-hydrogen) atoms. The predicted molar refractivity (Wildman–Crippen MR) is 97.2 cm³/mol. The second-order valence-corrected chi connectivity index (χ2v) is 6.40. The van der Waals surface area contributed by atoms with Gasteiger partial charge < -0.3 is 14.8 Å². The molecule has 5 nitrogen and oxygen atoms in total. The number of nitrogens with one attached hydrogen (secondary N) is 1. The molecule has 1 N–H and O–H groups in total. The van der Waals surface area contributed by atoms with Gasteiger partial charge in [0.15, 0.2) is 0 Å². The van der Waals surface area contributed by atoms with Crippen LogP contribution in [0.15, 0.2) is 48.8 Å². The van der Waals surface area contributed by atoms with E-state index in [4.69, 9.17) is 0 Å². The topological polar surface area (TPSA) is 40.5 Å². The first kappa shape index (κ1) is 17.5. The summed E-state index contributed by atoms with van der Waals surface area (Å²) in [5.41, 5.74) is 1.06. The summed E-state index contributed by atoms with van der Waals surface area (Å²) in [4.78, 5) is 16.8. The number of halogens is 1. The van der Waals surface area contributed by atoms with Gasteiger partial charge in [-0.05, 0) is 43.3 Å². The number of carbonyl (C=O) groups excluding carboxylic acids is 1. The van der Waals surface area contributed by atoms with Crippen LogP contribution >= 0.6 is 0 Å². The van der Waals surface area contributed by atoms with E-state index >= 15 is 0 Å². The Morgan fingerprint density at radius 2 is 1.76 bits per heavy atom. The molecule has 1 unspecified atom stereocenters. The Kier molecular flexibility index (Phi) is 5.71. The number of hydrogen-bond acceptors (Lipinski definition) is 3. The van der Waals surface area contributed by atoms with Crippen molar-refractivity contribution < 1.29 is 9.18 Å². The van der Waals surface area contributed by atoms with Gasteiger partial charge in [-0.2, -0.15) is 0 Å². The van der Waals surface area contributed by atoms with Crippen LogP contribution in [0.5, 0.6) is 0 Å². The molecule has 1 aliphatic heterocycles. The van der Waals surface area contributed by atoms with Crippen LogP contribution in [0.4, 0.5) is 10.1 Å². The molecule has 1 aromatic heterocycles. The van der Waals surface area contributed by atoms with Gasteiger partial charge >= 0.3 is 0 Å². The fourth-order valence-electron chi connectivity index (χ4n) is 3.11. The largest absolute Gasteiger partial charge is 0.369 e. The molecule has 2 heterocycles. The third-order valence-corrected chi connectivity index (χ3v) is 4.75. The van der Waals surface area contributed by atoms with E-state index in [2.05, 4.69) is 15.1 Å². The molecular weight excluding hydrogens is 319 g/mol. The van der Waals surface area contributed by atoms with Gasteiger partial charge in [-0.25, -0.2) is 4.39 Å². The molecule has 1 saturated heterocycles. The van der Waals surface area contributed by atoms with Crippen LogP contribution in [0.3, 0.4) is 0 Å².